The molecule has 0 aliphatic rings. The number of carbonyl (C=O) groups excluding carboxylic acids is 2. The summed E-state index contributed by atoms with van der Waals surface area (Å²) in [5, 5.41) is 0. The minimum atomic E-state index is -0.350. The van der Waals surface area contributed by atoms with Gasteiger partial charge in [-0.2, -0.15) is 0 Å². The van der Waals surface area contributed by atoms with Crippen molar-refractivity contribution in [1.82, 2.24) is 0 Å². The van der Waals surface area contributed by atoms with Crippen LogP contribution in [0.15, 0.2) is 0 Å². The standard InChI is InChI=1S/C7H11O2/c1-3-5-7(9)6(8)4-2/h2-5H2,1H3/q-1. The molecule has 2 nitrogen and oxygen atoms in total. The Morgan fingerprint density at radius 2 is 1.89 bits per heavy atom. The molecule has 0 saturated heterocycles. The first-order valence-corrected chi connectivity index (χ1v) is 3.07. The average molecular weight is 127 g/mol. The van der Waals surface area contributed by atoms with E-state index in [1.165, 1.54) is 0 Å². The third-order valence-corrected chi connectivity index (χ3v) is 1.02. The summed E-state index contributed by atoms with van der Waals surface area (Å²) in [5.74, 6) is -0.635. The molecule has 2 heteroatoms. The molecule has 0 rings (SSSR count). The normalized spacial score (nSPS) is 9.11. The minimum absolute atomic E-state index is 0.0961. The second-order valence-corrected chi connectivity index (χ2v) is 1.85. The molecule has 52 valence electrons. The molecule has 0 N–H and O–H groups in total. The Labute approximate surface area is 55.3 Å². The second-order valence-electron chi connectivity index (χ2n) is 1.85. The molecule has 0 radical (unpaired) electrons. The third-order valence-electron chi connectivity index (χ3n) is 1.02. The molecule has 0 aliphatic heterocycles. The predicted octanol–water partition coefficient (Wildman–Crippen LogP) is 1.15. The zero-order valence-electron chi connectivity index (χ0n) is 5.64. The van der Waals surface area contributed by atoms with Gasteiger partial charge in [0.05, 0.1) is 0 Å². The molecule has 0 atom stereocenters. The van der Waals surface area contributed by atoms with E-state index in [4.69, 9.17) is 0 Å². The number of ketones is 2. The van der Waals surface area contributed by atoms with E-state index < -0.39 is 0 Å². The zero-order chi connectivity index (χ0) is 7.28. The monoisotopic (exact) mass is 127 g/mol. The van der Waals surface area contributed by atoms with Crippen molar-refractivity contribution in [1.29, 1.82) is 0 Å². The fraction of sp³-hybridized carbons (Fsp3) is 0.571. The fourth-order valence-electron chi connectivity index (χ4n) is 0.506. The Kier molecular flexibility index (Phi) is 3.93. The van der Waals surface area contributed by atoms with Crippen LogP contribution in [0.4, 0.5) is 0 Å². The summed E-state index contributed by atoms with van der Waals surface area (Å²) in [6.07, 6.45) is 1.21. The molecule has 9 heavy (non-hydrogen) atoms. The summed E-state index contributed by atoms with van der Waals surface area (Å²) in [4.78, 5) is 21.1. The van der Waals surface area contributed by atoms with Crippen LogP contribution >= 0.6 is 0 Å². The van der Waals surface area contributed by atoms with Crippen LogP contribution in [0.3, 0.4) is 0 Å². The van der Waals surface area contributed by atoms with Gasteiger partial charge < -0.3 is 6.92 Å². The fourth-order valence-corrected chi connectivity index (χ4v) is 0.506. The van der Waals surface area contributed by atoms with Crippen molar-refractivity contribution in [2.24, 2.45) is 0 Å². The van der Waals surface area contributed by atoms with Gasteiger partial charge in [-0.3, -0.25) is 9.59 Å². The van der Waals surface area contributed by atoms with Crippen LogP contribution in [0.5, 0.6) is 0 Å². The van der Waals surface area contributed by atoms with Crippen LogP contribution < -0.4 is 0 Å². The maximum atomic E-state index is 10.6. The predicted molar refractivity (Wildman–Crippen MR) is 34.9 cm³/mol. The van der Waals surface area contributed by atoms with E-state index in [1.807, 2.05) is 6.92 Å². The highest BCUT2D eigenvalue weighted by atomic mass is 16.2. The lowest BCUT2D eigenvalue weighted by atomic mass is 10.1. The van der Waals surface area contributed by atoms with E-state index >= 15 is 0 Å². The summed E-state index contributed by atoms with van der Waals surface area (Å²) in [7, 11) is 0. The van der Waals surface area contributed by atoms with E-state index in [2.05, 4.69) is 6.92 Å². The highest BCUT2D eigenvalue weighted by Gasteiger charge is 2.05. The van der Waals surface area contributed by atoms with Crippen molar-refractivity contribution < 1.29 is 9.59 Å². The van der Waals surface area contributed by atoms with Crippen molar-refractivity contribution in [3.63, 3.8) is 0 Å². The number of carbonyl (C=O) groups is 2. The number of hydrogen-bond acceptors (Lipinski definition) is 2. The zero-order valence-corrected chi connectivity index (χ0v) is 5.64. The minimum Gasteiger partial charge on any atom is -0.336 e. The summed E-state index contributed by atoms with van der Waals surface area (Å²) in [5.41, 5.74) is 0. The molecular formula is C7H11O2-. The first-order chi connectivity index (χ1) is 4.22. The highest BCUT2D eigenvalue weighted by molar-refractivity contribution is 6.37. The van der Waals surface area contributed by atoms with Gasteiger partial charge in [-0.25, -0.2) is 0 Å². The van der Waals surface area contributed by atoms with Crippen molar-refractivity contribution in [2.45, 2.75) is 26.2 Å². The van der Waals surface area contributed by atoms with Gasteiger partial charge in [-0.05, 0) is 6.42 Å². The van der Waals surface area contributed by atoms with E-state index in [-0.39, 0.29) is 18.0 Å². The maximum absolute atomic E-state index is 10.6. The average Bonchev–Trinajstić information content (AvgIpc) is 1.87. The van der Waals surface area contributed by atoms with Crippen molar-refractivity contribution in [3.05, 3.63) is 6.92 Å². The molecule has 0 aromatic heterocycles. The smallest absolute Gasteiger partial charge is 0.195 e. The summed E-state index contributed by atoms with van der Waals surface area (Å²) >= 11 is 0. The Hall–Kier alpha value is -0.660. The first-order valence-electron chi connectivity index (χ1n) is 3.07. The molecule has 0 saturated carbocycles. The molecule has 0 aliphatic carbocycles. The summed E-state index contributed by atoms with van der Waals surface area (Å²) in [6, 6.07) is 0. The summed E-state index contributed by atoms with van der Waals surface area (Å²) in [6.45, 7) is 5.19. The molecule has 0 aromatic carbocycles. The van der Waals surface area contributed by atoms with Gasteiger partial charge in [-0.1, -0.05) is 6.92 Å². The van der Waals surface area contributed by atoms with E-state index in [9.17, 15) is 9.59 Å². The Morgan fingerprint density at radius 3 is 2.22 bits per heavy atom. The van der Waals surface area contributed by atoms with Gasteiger partial charge in [0.25, 0.3) is 0 Å². The van der Waals surface area contributed by atoms with Gasteiger partial charge in [-0.15, -0.1) is 6.42 Å². The van der Waals surface area contributed by atoms with Gasteiger partial charge in [0.15, 0.2) is 11.6 Å². The van der Waals surface area contributed by atoms with Crippen LogP contribution in [0, 0.1) is 6.92 Å². The third kappa shape index (κ3) is 3.01. The van der Waals surface area contributed by atoms with Crippen molar-refractivity contribution in [2.75, 3.05) is 0 Å². The molecule has 0 heterocycles. The number of hydrogen-bond donors (Lipinski definition) is 0. The van der Waals surface area contributed by atoms with Crippen molar-refractivity contribution >= 4 is 11.6 Å². The van der Waals surface area contributed by atoms with Crippen LogP contribution in [-0.4, -0.2) is 11.6 Å². The Balaban J connectivity index is 3.60. The lowest BCUT2D eigenvalue weighted by Gasteiger charge is -1.94. The molecule has 0 spiro atoms. The van der Waals surface area contributed by atoms with Crippen LogP contribution in [-0.2, 0) is 9.59 Å². The lowest BCUT2D eigenvalue weighted by molar-refractivity contribution is -0.136. The van der Waals surface area contributed by atoms with Gasteiger partial charge in [0.2, 0.25) is 0 Å². The summed E-state index contributed by atoms with van der Waals surface area (Å²) < 4.78 is 0. The van der Waals surface area contributed by atoms with E-state index in [0.29, 0.717) is 6.42 Å². The Morgan fingerprint density at radius 1 is 1.33 bits per heavy atom. The molecular weight excluding hydrogens is 116 g/mol. The van der Waals surface area contributed by atoms with E-state index in [1.54, 1.807) is 0 Å². The van der Waals surface area contributed by atoms with Gasteiger partial charge in [0, 0.05) is 6.42 Å². The van der Waals surface area contributed by atoms with Crippen LogP contribution in [0.2, 0.25) is 0 Å². The van der Waals surface area contributed by atoms with Crippen molar-refractivity contribution in [3.8, 4) is 0 Å². The largest absolute Gasteiger partial charge is 0.336 e. The molecule has 0 fully saturated rings. The van der Waals surface area contributed by atoms with Gasteiger partial charge in [0.1, 0.15) is 0 Å². The highest BCUT2D eigenvalue weighted by Crippen LogP contribution is 1.92. The number of rotatable bonds is 4. The first kappa shape index (κ1) is 8.34. The second kappa shape index (κ2) is 4.24. The van der Waals surface area contributed by atoms with Crippen LogP contribution in [0.1, 0.15) is 26.2 Å². The molecule has 0 bridgehead atoms. The quantitative estimate of drug-likeness (QED) is 0.419. The SMILES string of the molecule is [CH2-]CC(=O)C(=O)CCC. The maximum Gasteiger partial charge on any atom is 0.195 e. The van der Waals surface area contributed by atoms with Gasteiger partial charge >= 0.3 is 0 Å². The van der Waals surface area contributed by atoms with E-state index in [0.717, 1.165) is 6.42 Å². The number of Topliss-reactive ketones (excluding diaryl/α,β-unsaturated/α-hetero) is 2. The lowest BCUT2D eigenvalue weighted by Crippen LogP contribution is -2.11. The molecule has 0 unspecified atom stereocenters. The molecule has 0 amide bonds. The topological polar surface area (TPSA) is 34.1 Å². The van der Waals surface area contributed by atoms with Crippen LogP contribution in [0.25, 0.3) is 0 Å². The Bertz CT molecular complexity index is 116. The molecule has 0 aromatic rings.